The van der Waals surface area contributed by atoms with E-state index in [0.717, 1.165) is 18.2 Å². The number of halogens is 1. The summed E-state index contributed by atoms with van der Waals surface area (Å²) in [7, 11) is 1.03. The molecule has 0 aliphatic carbocycles. The Balaban J connectivity index is 3.30. The quantitative estimate of drug-likeness (QED) is 0.518. The molecule has 9 heteroatoms. The first-order valence-electron chi connectivity index (χ1n) is 4.78. The van der Waals surface area contributed by atoms with Gasteiger partial charge in [0.05, 0.1) is 9.82 Å². The summed E-state index contributed by atoms with van der Waals surface area (Å²) in [4.78, 5) is 20.8. The Labute approximate surface area is 107 Å². The average molecular weight is 293 g/mol. The highest BCUT2D eigenvalue weighted by molar-refractivity contribution is 8.13. The van der Waals surface area contributed by atoms with Crippen LogP contribution in [0.3, 0.4) is 0 Å². The molecule has 1 N–H and O–H groups in total. The fraction of sp³-hybridized carbons (Fsp3) is 0.222. The molecule has 98 valence electrons. The largest absolute Gasteiger partial charge is 0.320 e. The van der Waals surface area contributed by atoms with E-state index in [1.165, 1.54) is 0 Å². The van der Waals surface area contributed by atoms with Crippen molar-refractivity contribution in [1.82, 2.24) is 0 Å². The number of amides is 1. The maximum absolute atomic E-state index is 11.2. The number of anilines is 1. The van der Waals surface area contributed by atoms with Crippen LogP contribution in [0.1, 0.15) is 13.3 Å². The lowest BCUT2D eigenvalue weighted by Crippen LogP contribution is -2.11. The first-order chi connectivity index (χ1) is 8.25. The monoisotopic (exact) mass is 292 g/mol. The van der Waals surface area contributed by atoms with Crippen LogP contribution in [0.4, 0.5) is 11.4 Å². The van der Waals surface area contributed by atoms with Gasteiger partial charge in [0.15, 0.2) is 0 Å². The van der Waals surface area contributed by atoms with Crippen molar-refractivity contribution in [2.45, 2.75) is 18.2 Å². The summed E-state index contributed by atoms with van der Waals surface area (Å²) in [5, 5.41) is 13.1. The zero-order valence-corrected chi connectivity index (χ0v) is 10.8. The van der Waals surface area contributed by atoms with Crippen molar-refractivity contribution >= 4 is 37.0 Å². The van der Waals surface area contributed by atoms with Gasteiger partial charge in [-0.15, -0.1) is 0 Å². The Morgan fingerprint density at radius 2 is 2.11 bits per heavy atom. The standard InChI is InChI=1S/C9H9ClN2O5S/c1-2-9(13)11-7-4-3-6(18(10,16)17)5-8(7)12(14)15/h3-5H,2H2,1H3,(H,11,13). The van der Waals surface area contributed by atoms with E-state index in [4.69, 9.17) is 10.7 Å². The van der Waals surface area contributed by atoms with Crippen molar-refractivity contribution < 1.29 is 18.1 Å². The number of nitrogens with one attached hydrogen (secondary N) is 1. The first kappa shape index (κ1) is 14.4. The number of benzene rings is 1. The molecule has 0 aliphatic rings. The van der Waals surface area contributed by atoms with Gasteiger partial charge in [0.2, 0.25) is 5.91 Å². The molecule has 0 atom stereocenters. The number of carbonyl (C=O) groups is 1. The average Bonchev–Trinajstić information content (AvgIpc) is 2.27. The number of hydrogen-bond donors (Lipinski definition) is 1. The van der Waals surface area contributed by atoms with Crippen LogP contribution in [0.25, 0.3) is 0 Å². The lowest BCUT2D eigenvalue weighted by atomic mass is 10.2. The molecule has 0 aromatic heterocycles. The van der Waals surface area contributed by atoms with Crippen LogP contribution in [0, 0.1) is 10.1 Å². The number of nitro benzene ring substituents is 1. The van der Waals surface area contributed by atoms with Crippen LogP contribution in [0.2, 0.25) is 0 Å². The van der Waals surface area contributed by atoms with Crippen molar-refractivity contribution in [3.8, 4) is 0 Å². The van der Waals surface area contributed by atoms with Gasteiger partial charge in [-0.2, -0.15) is 0 Å². The highest BCUT2D eigenvalue weighted by Crippen LogP contribution is 2.29. The topological polar surface area (TPSA) is 106 Å². The molecule has 18 heavy (non-hydrogen) atoms. The highest BCUT2D eigenvalue weighted by atomic mass is 35.7. The summed E-state index contributed by atoms with van der Waals surface area (Å²) in [5.74, 6) is -0.417. The summed E-state index contributed by atoms with van der Waals surface area (Å²) in [6.07, 6.45) is 0.146. The molecule has 0 bridgehead atoms. The third kappa shape index (κ3) is 3.41. The van der Waals surface area contributed by atoms with Crippen molar-refractivity contribution in [2.24, 2.45) is 0 Å². The van der Waals surface area contributed by atoms with E-state index < -0.39 is 30.5 Å². The van der Waals surface area contributed by atoms with E-state index in [2.05, 4.69) is 5.32 Å². The zero-order valence-electron chi connectivity index (χ0n) is 9.21. The van der Waals surface area contributed by atoms with Crippen molar-refractivity contribution in [3.05, 3.63) is 28.3 Å². The number of hydrogen-bond acceptors (Lipinski definition) is 5. The van der Waals surface area contributed by atoms with Gasteiger partial charge >= 0.3 is 0 Å². The van der Waals surface area contributed by atoms with Crippen LogP contribution < -0.4 is 5.32 Å². The third-order valence-corrected chi connectivity index (χ3v) is 3.39. The summed E-state index contributed by atoms with van der Waals surface area (Å²) >= 11 is 0. The number of nitrogens with zero attached hydrogens (tertiary/aromatic N) is 1. The number of carbonyl (C=O) groups excluding carboxylic acids is 1. The molecule has 1 aromatic rings. The Morgan fingerprint density at radius 3 is 2.56 bits per heavy atom. The van der Waals surface area contributed by atoms with Gasteiger partial charge in [0.25, 0.3) is 14.7 Å². The predicted molar refractivity (Wildman–Crippen MR) is 65.1 cm³/mol. The van der Waals surface area contributed by atoms with Crippen LogP contribution in [-0.4, -0.2) is 19.2 Å². The maximum Gasteiger partial charge on any atom is 0.294 e. The lowest BCUT2D eigenvalue weighted by molar-refractivity contribution is -0.384. The second-order valence-electron chi connectivity index (χ2n) is 3.28. The van der Waals surface area contributed by atoms with E-state index in [1.54, 1.807) is 6.92 Å². The van der Waals surface area contributed by atoms with Gasteiger partial charge in [-0.25, -0.2) is 8.42 Å². The minimum absolute atomic E-state index is 0.0732. The molecule has 0 unspecified atom stereocenters. The minimum Gasteiger partial charge on any atom is -0.320 e. The van der Waals surface area contributed by atoms with Gasteiger partial charge in [-0.05, 0) is 12.1 Å². The fourth-order valence-electron chi connectivity index (χ4n) is 1.16. The molecule has 1 rings (SSSR count). The zero-order chi connectivity index (χ0) is 13.9. The van der Waals surface area contributed by atoms with Gasteiger partial charge < -0.3 is 5.32 Å². The molecule has 0 saturated carbocycles. The normalized spacial score (nSPS) is 11.0. The van der Waals surface area contributed by atoms with Gasteiger partial charge in [-0.3, -0.25) is 14.9 Å². The molecule has 0 fully saturated rings. The molecular weight excluding hydrogens is 284 g/mol. The molecule has 0 radical (unpaired) electrons. The Morgan fingerprint density at radius 1 is 1.50 bits per heavy atom. The molecule has 1 amide bonds. The second-order valence-corrected chi connectivity index (χ2v) is 5.84. The third-order valence-electron chi connectivity index (χ3n) is 2.04. The highest BCUT2D eigenvalue weighted by Gasteiger charge is 2.20. The smallest absolute Gasteiger partial charge is 0.294 e. The van der Waals surface area contributed by atoms with Crippen molar-refractivity contribution in [3.63, 3.8) is 0 Å². The first-order valence-corrected chi connectivity index (χ1v) is 7.09. The minimum atomic E-state index is -4.05. The summed E-state index contributed by atoms with van der Waals surface area (Å²) in [5.41, 5.74) is -0.602. The number of rotatable bonds is 4. The predicted octanol–water partition coefficient (Wildman–Crippen LogP) is 1.87. The van der Waals surface area contributed by atoms with Crippen molar-refractivity contribution in [2.75, 3.05) is 5.32 Å². The van der Waals surface area contributed by atoms with Gasteiger partial charge in [-0.1, -0.05) is 6.92 Å². The van der Waals surface area contributed by atoms with Crippen molar-refractivity contribution in [1.29, 1.82) is 0 Å². The summed E-state index contributed by atoms with van der Waals surface area (Å²) in [6.45, 7) is 1.58. The van der Waals surface area contributed by atoms with E-state index in [-0.39, 0.29) is 12.1 Å². The molecule has 7 nitrogen and oxygen atoms in total. The van der Waals surface area contributed by atoms with E-state index in [1.807, 2.05) is 0 Å². The second kappa shape index (κ2) is 5.32. The van der Waals surface area contributed by atoms with Gasteiger partial charge in [0, 0.05) is 23.2 Å². The van der Waals surface area contributed by atoms with E-state index >= 15 is 0 Å². The van der Waals surface area contributed by atoms with Crippen LogP contribution in [-0.2, 0) is 13.8 Å². The molecular formula is C9H9ClN2O5S. The summed E-state index contributed by atoms with van der Waals surface area (Å²) < 4.78 is 22.1. The van der Waals surface area contributed by atoms with E-state index in [9.17, 15) is 23.3 Å². The number of nitro groups is 1. The SMILES string of the molecule is CCC(=O)Nc1ccc(S(=O)(=O)Cl)cc1[N+](=O)[O-]. The van der Waals surface area contributed by atoms with Crippen LogP contribution in [0.15, 0.2) is 23.1 Å². The van der Waals surface area contributed by atoms with Gasteiger partial charge in [0.1, 0.15) is 5.69 Å². The molecule has 0 aliphatic heterocycles. The Kier molecular flexibility index (Phi) is 4.25. The molecule has 0 heterocycles. The lowest BCUT2D eigenvalue weighted by Gasteiger charge is -2.05. The molecule has 0 saturated heterocycles. The molecule has 0 spiro atoms. The Hall–Kier alpha value is -1.67. The Bertz CT molecular complexity index is 599. The molecule has 1 aromatic carbocycles. The van der Waals surface area contributed by atoms with E-state index in [0.29, 0.717) is 0 Å². The van der Waals surface area contributed by atoms with Crippen LogP contribution >= 0.6 is 10.7 Å². The van der Waals surface area contributed by atoms with Crippen LogP contribution in [0.5, 0.6) is 0 Å². The maximum atomic E-state index is 11.2. The summed E-state index contributed by atoms with van der Waals surface area (Å²) in [6, 6.07) is 3.01. The fourth-order valence-corrected chi connectivity index (χ4v) is 1.93.